The fraction of sp³-hybridized carbons (Fsp3) is 0.786. The first-order chi connectivity index (χ1) is 9.20. The van der Waals surface area contributed by atoms with Gasteiger partial charge in [-0.15, -0.1) is 0 Å². The van der Waals surface area contributed by atoms with Gasteiger partial charge >= 0.3 is 0 Å². The lowest BCUT2D eigenvalue weighted by Crippen LogP contribution is -2.37. The Kier molecular flexibility index (Phi) is 3.83. The van der Waals surface area contributed by atoms with Gasteiger partial charge in [0.2, 0.25) is 0 Å². The van der Waals surface area contributed by atoms with E-state index in [1.54, 1.807) is 0 Å². The molecule has 0 amide bonds. The van der Waals surface area contributed by atoms with Crippen LogP contribution in [0.15, 0.2) is 0 Å². The highest BCUT2D eigenvalue weighted by molar-refractivity contribution is 6.31. The second kappa shape index (κ2) is 5.43. The van der Waals surface area contributed by atoms with Crippen LogP contribution in [0.5, 0.6) is 0 Å². The van der Waals surface area contributed by atoms with Crippen molar-refractivity contribution in [3.8, 4) is 0 Å². The van der Waals surface area contributed by atoms with Gasteiger partial charge in [-0.2, -0.15) is 5.10 Å². The number of nitrogens with one attached hydrogen (secondary N) is 1. The molecule has 4 nitrogen and oxygen atoms in total. The number of halogens is 1. The second-order valence-electron chi connectivity index (χ2n) is 5.63. The summed E-state index contributed by atoms with van der Waals surface area (Å²) in [6.07, 6.45) is 5.06. The van der Waals surface area contributed by atoms with Crippen LogP contribution in [0.25, 0.3) is 0 Å². The summed E-state index contributed by atoms with van der Waals surface area (Å²) in [5.41, 5.74) is 2.07. The molecule has 2 heterocycles. The fourth-order valence-electron chi connectivity index (χ4n) is 2.96. The van der Waals surface area contributed by atoms with Crippen molar-refractivity contribution in [2.75, 3.05) is 6.61 Å². The van der Waals surface area contributed by atoms with Crippen molar-refractivity contribution in [1.82, 2.24) is 15.1 Å². The van der Waals surface area contributed by atoms with Crippen LogP contribution in [0.1, 0.15) is 37.6 Å². The van der Waals surface area contributed by atoms with Crippen LogP contribution in [0.2, 0.25) is 5.02 Å². The molecule has 1 saturated carbocycles. The topological polar surface area (TPSA) is 39.1 Å². The van der Waals surface area contributed by atoms with Crippen LogP contribution < -0.4 is 5.32 Å². The highest BCUT2D eigenvalue weighted by Gasteiger charge is 2.40. The number of ether oxygens (including phenoxy) is 1. The van der Waals surface area contributed by atoms with E-state index in [0.717, 1.165) is 48.3 Å². The van der Waals surface area contributed by atoms with E-state index >= 15 is 0 Å². The van der Waals surface area contributed by atoms with Crippen LogP contribution in [0.3, 0.4) is 0 Å². The minimum absolute atomic E-state index is 0.414. The summed E-state index contributed by atoms with van der Waals surface area (Å²) >= 11 is 6.37. The molecule has 0 spiro atoms. The zero-order valence-electron chi connectivity index (χ0n) is 11.7. The van der Waals surface area contributed by atoms with Crippen molar-refractivity contribution in [1.29, 1.82) is 0 Å². The quantitative estimate of drug-likeness (QED) is 0.901. The van der Waals surface area contributed by atoms with Crippen molar-refractivity contribution in [3.05, 3.63) is 16.4 Å². The number of nitrogens with zero attached hydrogens (tertiary/aromatic N) is 2. The molecule has 2 unspecified atom stereocenters. The molecule has 2 fully saturated rings. The lowest BCUT2D eigenvalue weighted by Gasteiger charge is -2.19. The molecule has 3 rings (SSSR count). The SMILES string of the molecule is CCc1nn(C)c(CNC2CCOC2C2CC2)c1Cl. The Morgan fingerprint density at radius 1 is 1.42 bits per heavy atom. The van der Waals surface area contributed by atoms with E-state index in [-0.39, 0.29) is 0 Å². The van der Waals surface area contributed by atoms with Gasteiger partial charge < -0.3 is 10.1 Å². The molecular formula is C14H22ClN3O. The van der Waals surface area contributed by atoms with E-state index in [0.29, 0.717) is 12.1 Å². The zero-order chi connectivity index (χ0) is 13.4. The number of aryl methyl sites for hydroxylation is 2. The van der Waals surface area contributed by atoms with Gasteiger partial charge in [-0.05, 0) is 31.6 Å². The van der Waals surface area contributed by atoms with Gasteiger partial charge in [-0.1, -0.05) is 18.5 Å². The molecule has 1 aromatic rings. The smallest absolute Gasteiger partial charge is 0.0863 e. The summed E-state index contributed by atoms with van der Waals surface area (Å²) in [5.74, 6) is 0.785. The number of hydrogen-bond donors (Lipinski definition) is 1. The molecule has 2 aliphatic rings. The van der Waals surface area contributed by atoms with Gasteiger partial charge in [0.05, 0.1) is 22.5 Å². The van der Waals surface area contributed by atoms with E-state index in [1.165, 1.54) is 12.8 Å². The predicted molar refractivity (Wildman–Crippen MR) is 75.3 cm³/mol. The maximum Gasteiger partial charge on any atom is 0.0863 e. The lowest BCUT2D eigenvalue weighted by atomic mass is 10.1. The van der Waals surface area contributed by atoms with Crippen LogP contribution in [0.4, 0.5) is 0 Å². The molecule has 1 N–H and O–H groups in total. The molecule has 0 aromatic carbocycles. The van der Waals surface area contributed by atoms with Gasteiger partial charge in [0, 0.05) is 26.2 Å². The lowest BCUT2D eigenvalue weighted by molar-refractivity contribution is 0.0807. The van der Waals surface area contributed by atoms with Crippen molar-refractivity contribution in [3.63, 3.8) is 0 Å². The molecule has 0 bridgehead atoms. The maximum absolute atomic E-state index is 6.37. The summed E-state index contributed by atoms with van der Waals surface area (Å²) in [5, 5.41) is 8.89. The van der Waals surface area contributed by atoms with Crippen molar-refractivity contribution >= 4 is 11.6 Å². The fourth-order valence-corrected chi connectivity index (χ4v) is 3.32. The summed E-state index contributed by atoms with van der Waals surface area (Å²) in [4.78, 5) is 0. The van der Waals surface area contributed by atoms with Crippen LogP contribution in [-0.2, 0) is 24.8 Å². The van der Waals surface area contributed by atoms with E-state index in [4.69, 9.17) is 16.3 Å². The Labute approximate surface area is 119 Å². The number of aromatic nitrogens is 2. The Balaban J connectivity index is 1.64. The molecule has 1 aromatic heterocycles. The molecule has 1 aliphatic heterocycles. The summed E-state index contributed by atoms with van der Waals surface area (Å²) in [7, 11) is 1.96. The Morgan fingerprint density at radius 2 is 2.21 bits per heavy atom. The predicted octanol–water partition coefficient (Wildman–Crippen LogP) is 2.29. The van der Waals surface area contributed by atoms with Gasteiger partial charge in [-0.25, -0.2) is 0 Å². The molecule has 19 heavy (non-hydrogen) atoms. The Morgan fingerprint density at radius 3 is 2.84 bits per heavy atom. The zero-order valence-corrected chi connectivity index (χ0v) is 12.4. The van der Waals surface area contributed by atoms with E-state index in [1.807, 2.05) is 11.7 Å². The molecule has 0 radical (unpaired) electrons. The third-order valence-electron chi connectivity index (χ3n) is 4.26. The van der Waals surface area contributed by atoms with Gasteiger partial charge in [0.15, 0.2) is 0 Å². The first-order valence-corrected chi connectivity index (χ1v) is 7.63. The average Bonchev–Trinajstić information content (AvgIpc) is 3.08. The van der Waals surface area contributed by atoms with Crippen molar-refractivity contribution in [2.45, 2.75) is 51.3 Å². The van der Waals surface area contributed by atoms with Gasteiger partial charge in [0.25, 0.3) is 0 Å². The summed E-state index contributed by atoms with van der Waals surface area (Å²) in [6, 6.07) is 0.476. The third kappa shape index (κ3) is 2.67. The standard InChI is InChI=1S/C14H22ClN3O/c1-3-10-13(15)12(18(2)17-10)8-16-11-6-7-19-14(11)9-4-5-9/h9,11,14,16H,3-8H2,1-2H3. The van der Waals surface area contributed by atoms with E-state index in [9.17, 15) is 0 Å². The van der Waals surface area contributed by atoms with Crippen molar-refractivity contribution < 1.29 is 4.74 Å². The normalized spacial score (nSPS) is 27.1. The summed E-state index contributed by atoms with van der Waals surface area (Å²) < 4.78 is 7.75. The van der Waals surface area contributed by atoms with Crippen LogP contribution >= 0.6 is 11.6 Å². The molecule has 2 atom stereocenters. The monoisotopic (exact) mass is 283 g/mol. The van der Waals surface area contributed by atoms with Crippen molar-refractivity contribution in [2.24, 2.45) is 13.0 Å². The van der Waals surface area contributed by atoms with Crippen LogP contribution in [-0.4, -0.2) is 28.5 Å². The highest BCUT2D eigenvalue weighted by atomic mass is 35.5. The maximum atomic E-state index is 6.37. The molecule has 106 valence electrons. The van der Waals surface area contributed by atoms with E-state index in [2.05, 4.69) is 17.3 Å². The summed E-state index contributed by atoms with van der Waals surface area (Å²) in [6.45, 7) is 3.75. The second-order valence-corrected chi connectivity index (χ2v) is 6.01. The largest absolute Gasteiger partial charge is 0.376 e. The first-order valence-electron chi connectivity index (χ1n) is 7.26. The molecule has 1 saturated heterocycles. The van der Waals surface area contributed by atoms with Gasteiger partial charge in [0.1, 0.15) is 0 Å². The minimum Gasteiger partial charge on any atom is -0.376 e. The minimum atomic E-state index is 0.414. The first kappa shape index (κ1) is 13.4. The molecule has 5 heteroatoms. The number of rotatable bonds is 5. The molecular weight excluding hydrogens is 262 g/mol. The van der Waals surface area contributed by atoms with Gasteiger partial charge in [-0.3, -0.25) is 4.68 Å². The van der Waals surface area contributed by atoms with Crippen LogP contribution in [0, 0.1) is 5.92 Å². The third-order valence-corrected chi connectivity index (χ3v) is 4.69. The number of hydrogen-bond acceptors (Lipinski definition) is 3. The Hall–Kier alpha value is -0.580. The average molecular weight is 284 g/mol. The van der Waals surface area contributed by atoms with E-state index < -0.39 is 0 Å². The highest BCUT2D eigenvalue weighted by Crippen LogP contribution is 2.38. The molecule has 1 aliphatic carbocycles. The Bertz CT molecular complexity index is 456.